The Labute approximate surface area is 93.8 Å². The van der Waals surface area contributed by atoms with Crippen molar-refractivity contribution in [3.05, 3.63) is 0 Å². The topological polar surface area (TPSA) is 78.9 Å². The minimum absolute atomic E-state index is 0.136. The Morgan fingerprint density at radius 2 is 1.44 bits per heavy atom. The summed E-state index contributed by atoms with van der Waals surface area (Å²) in [6.07, 6.45) is -1.45. The molecule has 0 aromatic carbocycles. The molecule has 0 amide bonds. The van der Waals surface area contributed by atoms with Gasteiger partial charge >= 0.3 is 17.9 Å². The molecular formula is C10H16O6. The number of esters is 3. The highest BCUT2D eigenvalue weighted by atomic mass is 16.6. The molecule has 6 heteroatoms. The van der Waals surface area contributed by atoms with Crippen LogP contribution in [0.4, 0.5) is 0 Å². The number of carbonyl (C=O) groups is 3. The van der Waals surface area contributed by atoms with E-state index in [1.54, 1.807) is 6.92 Å². The Morgan fingerprint density at radius 3 is 1.81 bits per heavy atom. The first-order valence-electron chi connectivity index (χ1n) is 4.80. The van der Waals surface area contributed by atoms with Gasteiger partial charge in [-0.1, -0.05) is 0 Å². The maximum atomic E-state index is 10.8. The summed E-state index contributed by atoms with van der Waals surface area (Å²) in [4.78, 5) is 32.1. The fraction of sp³-hybridized carbons (Fsp3) is 0.700. The summed E-state index contributed by atoms with van der Waals surface area (Å²) in [7, 11) is 0. The molecule has 0 radical (unpaired) electrons. The van der Waals surface area contributed by atoms with Crippen molar-refractivity contribution in [2.75, 3.05) is 6.61 Å². The van der Waals surface area contributed by atoms with Gasteiger partial charge in [0, 0.05) is 20.8 Å². The van der Waals surface area contributed by atoms with E-state index in [-0.39, 0.29) is 6.61 Å². The van der Waals surface area contributed by atoms with Crippen LogP contribution in [0.3, 0.4) is 0 Å². The minimum atomic E-state index is -0.787. The first-order valence-corrected chi connectivity index (χ1v) is 4.80. The van der Waals surface area contributed by atoms with Crippen LogP contribution in [0, 0.1) is 0 Å². The molecule has 0 aliphatic carbocycles. The molecule has 0 aliphatic heterocycles. The van der Waals surface area contributed by atoms with Crippen molar-refractivity contribution in [2.45, 2.75) is 39.9 Å². The summed E-state index contributed by atoms with van der Waals surface area (Å²) >= 11 is 0. The van der Waals surface area contributed by atoms with Crippen LogP contribution in [0.25, 0.3) is 0 Å². The molecule has 0 saturated carbocycles. The van der Waals surface area contributed by atoms with E-state index < -0.39 is 30.1 Å². The molecule has 0 spiro atoms. The highest BCUT2D eigenvalue weighted by Crippen LogP contribution is 2.06. The Balaban J connectivity index is 4.33. The molecule has 0 bridgehead atoms. The van der Waals surface area contributed by atoms with Gasteiger partial charge in [0.15, 0.2) is 6.10 Å². The number of hydrogen-bond donors (Lipinski definition) is 0. The summed E-state index contributed by atoms with van der Waals surface area (Å²) in [5.74, 6) is -1.52. The van der Waals surface area contributed by atoms with Gasteiger partial charge in [-0.2, -0.15) is 0 Å². The van der Waals surface area contributed by atoms with Gasteiger partial charge in [0.1, 0.15) is 12.7 Å². The third kappa shape index (κ3) is 6.80. The highest BCUT2D eigenvalue weighted by Gasteiger charge is 2.24. The van der Waals surface area contributed by atoms with E-state index in [0.29, 0.717) is 0 Å². The first kappa shape index (κ1) is 14.4. The summed E-state index contributed by atoms with van der Waals surface area (Å²) in [6, 6.07) is 0. The number of ether oxygens (including phenoxy) is 3. The zero-order valence-corrected chi connectivity index (χ0v) is 9.81. The van der Waals surface area contributed by atoms with Crippen LogP contribution in [0.5, 0.6) is 0 Å². The average Bonchev–Trinajstić information content (AvgIpc) is 2.09. The predicted octanol–water partition coefficient (Wildman–Crippen LogP) is 0.433. The molecule has 0 fully saturated rings. The third-order valence-corrected chi connectivity index (χ3v) is 1.64. The standard InChI is InChI=1S/C10H16O6/c1-6(15-8(3)12)10(16-9(4)13)5-14-7(2)11/h6,10H,5H2,1-4H3. The molecule has 2 unspecified atom stereocenters. The van der Waals surface area contributed by atoms with Crippen LogP contribution in [-0.4, -0.2) is 36.7 Å². The van der Waals surface area contributed by atoms with Crippen molar-refractivity contribution < 1.29 is 28.6 Å². The Morgan fingerprint density at radius 1 is 0.938 bits per heavy atom. The van der Waals surface area contributed by atoms with E-state index in [0.717, 1.165) is 0 Å². The van der Waals surface area contributed by atoms with Gasteiger partial charge in [-0.05, 0) is 6.92 Å². The van der Waals surface area contributed by atoms with E-state index in [9.17, 15) is 14.4 Å². The molecule has 0 rings (SSSR count). The molecule has 16 heavy (non-hydrogen) atoms. The second kappa shape index (κ2) is 6.81. The lowest BCUT2D eigenvalue weighted by atomic mass is 10.2. The molecular weight excluding hydrogens is 216 g/mol. The molecule has 6 nitrogen and oxygen atoms in total. The second-order valence-corrected chi connectivity index (χ2v) is 3.27. The van der Waals surface area contributed by atoms with Crippen LogP contribution in [-0.2, 0) is 28.6 Å². The van der Waals surface area contributed by atoms with Gasteiger partial charge in [-0.15, -0.1) is 0 Å². The largest absolute Gasteiger partial charge is 0.462 e. The Kier molecular flexibility index (Phi) is 6.14. The fourth-order valence-corrected chi connectivity index (χ4v) is 1.02. The predicted molar refractivity (Wildman–Crippen MR) is 53.4 cm³/mol. The first-order chi connectivity index (χ1) is 7.32. The highest BCUT2D eigenvalue weighted by molar-refractivity contribution is 5.68. The monoisotopic (exact) mass is 232 g/mol. The molecule has 0 aromatic heterocycles. The Hall–Kier alpha value is -1.59. The van der Waals surface area contributed by atoms with Crippen molar-refractivity contribution in [1.29, 1.82) is 0 Å². The van der Waals surface area contributed by atoms with Crippen molar-refractivity contribution in [1.82, 2.24) is 0 Å². The van der Waals surface area contributed by atoms with Crippen molar-refractivity contribution in [3.63, 3.8) is 0 Å². The number of rotatable bonds is 5. The van der Waals surface area contributed by atoms with E-state index in [1.807, 2.05) is 0 Å². The van der Waals surface area contributed by atoms with E-state index in [4.69, 9.17) is 14.2 Å². The fourth-order valence-electron chi connectivity index (χ4n) is 1.02. The lowest BCUT2D eigenvalue weighted by Gasteiger charge is -2.22. The molecule has 92 valence electrons. The minimum Gasteiger partial charge on any atom is -0.462 e. The number of hydrogen-bond acceptors (Lipinski definition) is 6. The van der Waals surface area contributed by atoms with Gasteiger partial charge in [-0.3, -0.25) is 14.4 Å². The average molecular weight is 232 g/mol. The zero-order valence-electron chi connectivity index (χ0n) is 9.81. The van der Waals surface area contributed by atoms with Gasteiger partial charge in [0.2, 0.25) is 0 Å². The van der Waals surface area contributed by atoms with Crippen molar-refractivity contribution in [3.8, 4) is 0 Å². The summed E-state index contributed by atoms with van der Waals surface area (Å²) in [6.45, 7) is 5.12. The van der Waals surface area contributed by atoms with E-state index in [2.05, 4.69) is 0 Å². The quantitative estimate of drug-likeness (QED) is 0.505. The smallest absolute Gasteiger partial charge is 0.303 e. The second-order valence-electron chi connectivity index (χ2n) is 3.27. The van der Waals surface area contributed by atoms with Crippen LogP contribution in [0.2, 0.25) is 0 Å². The van der Waals surface area contributed by atoms with Crippen LogP contribution < -0.4 is 0 Å². The lowest BCUT2D eigenvalue weighted by molar-refractivity contribution is -0.171. The molecule has 0 N–H and O–H groups in total. The third-order valence-electron chi connectivity index (χ3n) is 1.64. The van der Waals surface area contributed by atoms with Crippen LogP contribution >= 0.6 is 0 Å². The molecule has 0 saturated heterocycles. The van der Waals surface area contributed by atoms with E-state index >= 15 is 0 Å². The van der Waals surface area contributed by atoms with E-state index in [1.165, 1.54) is 20.8 Å². The normalized spacial score (nSPS) is 13.5. The van der Waals surface area contributed by atoms with Crippen LogP contribution in [0.15, 0.2) is 0 Å². The van der Waals surface area contributed by atoms with Gasteiger partial charge in [-0.25, -0.2) is 0 Å². The van der Waals surface area contributed by atoms with Crippen LogP contribution in [0.1, 0.15) is 27.7 Å². The zero-order chi connectivity index (χ0) is 12.7. The molecule has 2 atom stereocenters. The summed E-state index contributed by atoms with van der Waals surface area (Å²) in [5.41, 5.74) is 0. The van der Waals surface area contributed by atoms with Gasteiger partial charge < -0.3 is 14.2 Å². The number of carbonyl (C=O) groups excluding carboxylic acids is 3. The lowest BCUT2D eigenvalue weighted by Crippen LogP contribution is -2.36. The SMILES string of the molecule is CC(=O)OCC(OC(C)=O)C(C)OC(C)=O. The van der Waals surface area contributed by atoms with Gasteiger partial charge in [0.25, 0.3) is 0 Å². The van der Waals surface area contributed by atoms with Gasteiger partial charge in [0.05, 0.1) is 0 Å². The summed E-state index contributed by atoms with van der Waals surface area (Å²) < 4.78 is 14.4. The maximum Gasteiger partial charge on any atom is 0.303 e. The van der Waals surface area contributed by atoms with Crippen molar-refractivity contribution >= 4 is 17.9 Å². The molecule has 0 heterocycles. The summed E-state index contributed by atoms with van der Waals surface area (Å²) in [5, 5.41) is 0. The maximum absolute atomic E-state index is 10.8. The molecule has 0 aromatic rings. The molecule has 0 aliphatic rings. The van der Waals surface area contributed by atoms with Crippen molar-refractivity contribution in [2.24, 2.45) is 0 Å². The Bertz CT molecular complexity index is 272.